The fourth-order valence-corrected chi connectivity index (χ4v) is 9.02. The van der Waals surface area contributed by atoms with Gasteiger partial charge in [0.2, 0.25) is 0 Å². The number of hydrogen-bond donors (Lipinski definition) is 0. The fraction of sp³-hybridized carbons (Fsp3) is 0.106. The largest absolute Gasteiger partial charge is 0.312 e. The molecule has 0 saturated carbocycles. The highest BCUT2D eigenvalue weighted by Gasteiger charge is 2.38. The van der Waals surface area contributed by atoms with E-state index in [1.807, 2.05) is 24.3 Å². The van der Waals surface area contributed by atoms with E-state index in [-0.39, 0.29) is 5.41 Å². The van der Waals surface area contributed by atoms with Crippen LogP contribution in [0.2, 0.25) is 0 Å². The molecule has 8 aromatic rings. The van der Waals surface area contributed by atoms with Gasteiger partial charge in [-0.25, -0.2) is 0 Å². The first-order valence-corrected chi connectivity index (χ1v) is 17.5. The maximum atomic E-state index is 10.7. The van der Waals surface area contributed by atoms with Crippen molar-refractivity contribution in [3.63, 3.8) is 0 Å². The van der Waals surface area contributed by atoms with Gasteiger partial charge in [-0.2, -0.15) is 10.5 Å². The molecule has 4 heteroatoms. The minimum absolute atomic E-state index is 0.251. The molecule has 10 rings (SSSR count). The van der Waals surface area contributed by atoms with Gasteiger partial charge in [-0.15, -0.1) is 0 Å². The highest BCUT2D eigenvalue weighted by molar-refractivity contribution is 6.13. The van der Waals surface area contributed by atoms with Gasteiger partial charge >= 0.3 is 0 Å². The second-order valence-corrected chi connectivity index (χ2v) is 14.2. The summed E-state index contributed by atoms with van der Waals surface area (Å²) in [6, 6.07) is 47.5. The molecule has 4 nitrogen and oxygen atoms in total. The first kappa shape index (κ1) is 29.3. The summed E-state index contributed by atoms with van der Waals surface area (Å²) >= 11 is 0. The molecule has 51 heavy (non-hydrogen) atoms. The number of allylic oxidation sites excluding steroid dienone is 1. The van der Waals surface area contributed by atoms with Crippen LogP contribution in [0.25, 0.3) is 72.4 Å². The minimum atomic E-state index is -0.251. The predicted octanol–water partition coefficient (Wildman–Crippen LogP) is 11.4. The van der Waals surface area contributed by atoms with Crippen molar-refractivity contribution in [3.8, 4) is 45.8 Å². The molecular weight excluding hydrogens is 621 g/mol. The maximum absolute atomic E-state index is 10.7. The highest BCUT2D eigenvalue weighted by atomic mass is 15.0. The van der Waals surface area contributed by atoms with Gasteiger partial charge in [-0.1, -0.05) is 105 Å². The first-order chi connectivity index (χ1) is 25.0. The Balaban J connectivity index is 1.29. The van der Waals surface area contributed by atoms with E-state index in [4.69, 9.17) is 0 Å². The van der Waals surface area contributed by atoms with E-state index in [9.17, 15) is 10.5 Å². The average molecular weight is 653 g/mol. The Kier molecular flexibility index (Phi) is 6.14. The summed E-state index contributed by atoms with van der Waals surface area (Å²) in [5.74, 6) is 0. The van der Waals surface area contributed by atoms with E-state index in [1.54, 1.807) is 0 Å². The Morgan fingerprint density at radius 2 is 1.39 bits per heavy atom. The van der Waals surface area contributed by atoms with Crippen LogP contribution < -0.4 is 0 Å². The average Bonchev–Trinajstić information content (AvgIpc) is 3.77. The number of nitrogens with zero attached hydrogens (tertiary/aromatic N) is 4. The molecule has 0 amide bonds. The number of fused-ring (bicyclic) bond motifs is 10. The first-order valence-electron chi connectivity index (χ1n) is 17.5. The van der Waals surface area contributed by atoms with Crippen molar-refractivity contribution in [2.24, 2.45) is 0 Å². The van der Waals surface area contributed by atoms with Gasteiger partial charge in [0.1, 0.15) is 6.07 Å². The van der Waals surface area contributed by atoms with Crippen LogP contribution >= 0.6 is 0 Å². The van der Waals surface area contributed by atoms with Crippen molar-refractivity contribution < 1.29 is 0 Å². The van der Waals surface area contributed by atoms with Gasteiger partial charge in [-0.3, -0.25) is 0 Å². The summed E-state index contributed by atoms with van der Waals surface area (Å²) in [4.78, 5) is 0. The third kappa shape index (κ3) is 3.99. The van der Waals surface area contributed by atoms with Crippen LogP contribution in [-0.2, 0) is 11.8 Å². The predicted molar refractivity (Wildman–Crippen MR) is 207 cm³/mol. The lowest BCUT2D eigenvalue weighted by molar-refractivity contribution is 0.664. The normalized spacial score (nSPS) is 14.0. The van der Waals surface area contributed by atoms with Crippen LogP contribution in [0.15, 0.2) is 127 Å². The van der Waals surface area contributed by atoms with E-state index in [0.29, 0.717) is 11.1 Å². The van der Waals surface area contributed by atoms with Gasteiger partial charge in [-0.05, 0) is 83.1 Å². The quantitative estimate of drug-likeness (QED) is 0.191. The second-order valence-electron chi connectivity index (χ2n) is 14.2. The molecule has 0 saturated heterocycles. The van der Waals surface area contributed by atoms with Gasteiger partial charge in [0.05, 0.1) is 45.1 Å². The zero-order valence-corrected chi connectivity index (χ0v) is 28.4. The van der Waals surface area contributed by atoms with E-state index in [2.05, 4.69) is 144 Å². The summed E-state index contributed by atoms with van der Waals surface area (Å²) in [5, 5.41) is 24.3. The number of benzene rings is 6. The van der Waals surface area contributed by atoms with Crippen LogP contribution in [0.4, 0.5) is 0 Å². The third-order valence-electron chi connectivity index (χ3n) is 11.2. The zero-order chi connectivity index (χ0) is 34.4. The van der Waals surface area contributed by atoms with Crippen molar-refractivity contribution in [3.05, 3.63) is 161 Å². The number of rotatable bonds is 3. The van der Waals surface area contributed by atoms with Crippen molar-refractivity contribution in [2.75, 3.05) is 0 Å². The molecule has 6 aromatic carbocycles. The van der Waals surface area contributed by atoms with Crippen LogP contribution in [-0.4, -0.2) is 9.13 Å². The van der Waals surface area contributed by atoms with Crippen molar-refractivity contribution in [1.82, 2.24) is 9.13 Å². The van der Waals surface area contributed by atoms with Crippen LogP contribution in [0, 0.1) is 22.7 Å². The standard InChI is InChI=1S/C47H32N4/c1-47(2)39-15-7-3-11-32(39)36-22-23-37-35-14-6-10-18-42(35)51(46(37)45(36)47)44-26-30(20-21-31(44)28-49)38-25-29(27-48)19-24-43(38)50-40-16-8-4-12-33(40)34-13-5-9-17-41(34)50/h3-8,10-16,18-26H,9,17H2,1-2H3. The molecule has 0 aliphatic heterocycles. The summed E-state index contributed by atoms with van der Waals surface area (Å²) in [6.45, 7) is 4.63. The molecule has 0 radical (unpaired) electrons. The lowest BCUT2D eigenvalue weighted by Gasteiger charge is -2.24. The Morgan fingerprint density at radius 3 is 2.22 bits per heavy atom. The van der Waals surface area contributed by atoms with Gasteiger partial charge in [0.25, 0.3) is 0 Å². The van der Waals surface area contributed by atoms with Gasteiger partial charge in [0.15, 0.2) is 0 Å². The molecule has 0 fully saturated rings. The highest BCUT2D eigenvalue weighted by Crippen LogP contribution is 2.53. The topological polar surface area (TPSA) is 57.4 Å². The smallest absolute Gasteiger partial charge is 0.101 e. The van der Waals surface area contributed by atoms with Crippen molar-refractivity contribution in [2.45, 2.75) is 32.1 Å². The van der Waals surface area contributed by atoms with E-state index >= 15 is 0 Å². The number of nitriles is 2. The van der Waals surface area contributed by atoms with Crippen molar-refractivity contribution in [1.29, 1.82) is 10.5 Å². The maximum Gasteiger partial charge on any atom is 0.101 e. The summed E-state index contributed by atoms with van der Waals surface area (Å²) in [6.07, 6.45) is 6.42. The Morgan fingerprint density at radius 1 is 0.627 bits per heavy atom. The lowest BCUT2D eigenvalue weighted by atomic mass is 9.81. The Bertz CT molecular complexity index is 2910. The van der Waals surface area contributed by atoms with Gasteiger partial charge < -0.3 is 9.13 Å². The molecular formula is C47H32N4. The van der Waals surface area contributed by atoms with Crippen LogP contribution in [0.3, 0.4) is 0 Å². The second kappa shape index (κ2) is 10.7. The zero-order valence-electron chi connectivity index (χ0n) is 28.4. The molecule has 0 spiro atoms. The van der Waals surface area contributed by atoms with Crippen LogP contribution in [0.5, 0.6) is 0 Å². The molecule has 0 unspecified atom stereocenters. The van der Waals surface area contributed by atoms with E-state index in [0.717, 1.165) is 57.3 Å². The molecule has 240 valence electrons. The summed E-state index contributed by atoms with van der Waals surface area (Å²) in [7, 11) is 0. The summed E-state index contributed by atoms with van der Waals surface area (Å²) < 4.78 is 4.71. The fourth-order valence-electron chi connectivity index (χ4n) is 9.02. The van der Waals surface area contributed by atoms with Crippen LogP contribution in [0.1, 0.15) is 53.8 Å². The molecule has 2 aliphatic carbocycles. The molecule has 0 bridgehead atoms. The number of para-hydroxylation sites is 2. The molecule has 0 atom stereocenters. The van der Waals surface area contributed by atoms with Gasteiger partial charge in [0, 0.05) is 38.4 Å². The minimum Gasteiger partial charge on any atom is -0.312 e. The Hall–Kier alpha value is -6.62. The molecule has 2 heterocycles. The molecule has 0 N–H and O–H groups in total. The molecule has 2 aliphatic rings. The number of hydrogen-bond acceptors (Lipinski definition) is 2. The SMILES string of the molecule is CC1(C)c2ccccc2-c2ccc3c4ccccc4n(-c4cc(-c5cc(C#N)ccc5-n5c6c(c7ccccc75)C=CCC6)ccc4C#N)c3c21. The number of aromatic nitrogens is 2. The Labute approximate surface area is 296 Å². The lowest BCUT2D eigenvalue weighted by Crippen LogP contribution is -2.16. The van der Waals surface area contributed by atoms with E-state index < -0.39 is 0 Å². The third-order valence-corrected chi connectivity index (χ3v) is 11.2. The van der Waals surface area contributed by atoms with Crippen molar-refractivity contribution >= 4 is 38.8 Å². The molecule has 2 aromatic heterocycles. The monoisotopic (exact) mass is 652 g/mol. The van der Waals surface area contributed by atoms with E-state index in [1.165, 1.54) is 44.3 Å². The summed E-state index contributed by atoms with van der Waals surface area (Å²) in [5.41, 5.74) is 15.7.